The van der Waals surface area contributed by atoms with Gasteiger partial charge in [0.1, 0.15) is 5.65 Å². The van der Waals surface area contributed by atoms with E-state index in [2.05, 4.69) is 15.3 Å². The Hall–Kier alpha value is -3.11. The fourth-order valence-corrected chi connectivity index (χ4v) is 2.88. The third-order valence-electron chi connectivity index (χ3n) is 4.02. The molecule has 2 N–H and O–H groups in total. The van der Waals surface area contributed by atoms with Crippen molar-refractivity contribution in [3.05, 3.63) is 83.6 Å². The van der Waals surface area contributed by atoms with Gasteiger partial charge >= 0.3 is 0 Å². The molecule has 5 heteroatoms. The highest BCUT2D eigenvalue weighted by Crippen LogP contribution is 2.28. The fraction of sp³-hybridized carbons (Fsp3) is 0. The number of aromatic amines is 1. The number of rotatable bonds is 3. The molecule has 122 valence electrons. The lowest BCUT2D eigenvalue weighted by Crippen LogP contribution is -2.11. The molecule has 0 aliphatic rings. The van der Waals surface area contributed by atoms with Crippen molar-refractivity contribution in [1.29, 1.82) is 0 Å². The molecule has 0 fully saturated rings. The van der Waals surface area contributed by atoms with Gasteiger partial charge in [0.25, 0.3) is 5.91 Å². The Bertz CT molecular complexity index is 1040. The molecule has 1 amide bonds. The standard InChI is InChI=1S/C20H14ClN3O/c21-15-5-1-14(2-6-15)20(25)24-16-7-3-13(4-8-16)17-9-11-22-19-18(17)10-12-23-19/h1-12H,(H,22,23)(H,24,25). The second kappa shape index (κ2) is 6.42. The fourth-order valence-electron chi connectivity index (χ4n) is 2.75. The van der Waals surface area contributed by atoms with Crippen LogP contribution in [-0.2, 0) is 0 Å². The maximum absolute atomic E-state index is 12.3. The Balaban J connectivity index is 1.57. The molecule has 0 bridgehead atoms. The molecule has 0 aliphatic carbocycles. The minimum atomic E-state index is -0.165. The van der Waals surface area contributed by atoms with Gasteiger partial charge in [-0.05, 0) is 59.7 Å². The van der Waals surface area contributed by atoms with E-state index in [1.165, 1.54) is 0 Å². The predicted octanol–water partition coefficient (Wildman–Crippen LogP) is 5.14. The lowest BCUT2D eigenvalue weighted by molar-refractivity contribution is 0.102. The maximum Gasteiger partial charge on any atom is 0.255 e. The van der Waals surface area contributed by atoms with Crippen molar-refractivity contribution >= 4 is 34.2 Å². The van der Waals surface area contributed by atoms with Gasteiger partial charge < -0.3 is 10.3 Å². The SMILES string of the molecule is O=C(Nc1ccc(-c2ccnc3[nH]ccc23)cc1)c1ccc(Cl)cc1. The maximum atomic E-state index is 12.3. The van der Waals surface area contributed by atoms with Gasteiger partial charge in [-0.15, -0.1) is 0 Å². The zero-order valence-corrected chi connectivity index (χ0v) is 13.9. The molecule has 4 nitrogen and oxygen atoms in total. The smallest absolute Gasteiger partial charge is 0.255 e. The number of pyridine rings is 1. The number of hydrogen-bond acceptors (Lipinski definition) is 2. The van der Waals surface area contributed by atoms with E-state index in [0.717, 1.165) is 27.8 Å². The summed E-state index contributed by atoms with van der Waals surface area (Å²) in [6.45, 7) is 0. The quantitative estimate of drug-likeness (QED) is 0.539. The van der Waals surface area contributed by atoms with E-state index in [0.29, 0.717) is 10.6 Å². The zero-order valence-electron chi connectivity index (χ0n) is 13.2. The molecule has 0 unspecified atom stereocenters. The molecule has 0 saturated carbocycles. The minimum absolute atomic E-state index is 0.165. The van der Waals surface area contributed by atoms with E-state index in [9.17, 15) is 4.79 Å². The third-order valence-corrected chi connectivity index (χ3v) is 4.27. The number of benzene rings is 2. The van der Waals surface area contributed by atoms with Crippen molar-refractivity contribution in [3.8, 4) is 11.1 Å². The van der Waals surface area contributed by atoms with Gasteiger partial charge in [0.05, 0.1) is 0 Å². The number of H-pyrrole nitrogens is 1. The second-order valence-electron chi connectivity index (χ2n) is 5.64. The minimum Gasteiger partial charge on any atom is -0.346 e. The summed E-state index contributed by atoms with van der Waals surface area (Å²) in [6.07, 6.45) is 3.66. The molecule has 4 aromatic rings. The first-order chi connectivity index (χ1) is 12.2. The number of amides is 1. The second-order valence-corrected chi connectivity index (χ2v) is 6.07. The van der Waals surface area contributed by atoms with Crippen LogP contribution in [0.1, 0.15) is 10.4 Å². The summed E-state index contributed by atoms with van der Waals surface area (Å²) >= 11 is 5.85. The highest BCUT2D eigenvalue weighted by molar-refractivity contribution is 6.30. The summed E-state index contributed by atoms with van der Waals surface area (Å²) in [4.78, 5) is 19.7. The lowest BCUT2D eigenvalue weighted by atomic mass is 10.0. The number of hydrogen-bond donors (Lipinski definition) is 2. The van der Waals surface area contributed by atoms with Crippen molar-refractivity contribution in [2.75, 3.05) is 5.32 Å². The molecule has 25 heavy (non-hydrogen) atoms. The average molecular weight is 348 g/mol. The van der Waals surface area contributed by atoms with E-state index in [-0.39, 0.29) is 5.91 Å². The number of anilines is 1. The van der Waals surface area contributed by atoms with E-state index in [1.807, 2.05) is 42.6 Å². The molecule has 4 rings (SSSR count). The molecule has 0 radical (unpaired) electrons. The summed E-state index contributed by atoms with van der Waals surface area (Å²) in [5.41, 5.74) is 4.33. The number of nitrogens with one attached hydrogen (secondary N) is 2. The topological polar surface area (TPSA) is 57.8 Å². The van der Waals surface area contributed by atoms with Gasteiger partial charge in [-0.3, -0.25) is 4.79 Å². The van der Waals surface area contributed by atoms with E-state index < -0.39 is 0 Å². The first-order valence-corrected chi connectivity index (χ1v) is 8.18. The summed E-state index contributed by atoms with van der Waals surface area (Å²) in [5, 5.41) is 4.56. The van der Waals surface area contributed by atoms with Crippen LogP contribution in [-0.4, -0.2) is 15.9 Å². The van der Waals surface area contributed by atoms with Crippen molar-refractivity contribution in [2.45, 2.75) is 0 Å². The van der Waals surface area contributed by atoms with Crippen LogP contribution in [0.15, 0.2) is 73.1 Å². The largest absolute Gasteiger partial charge is 0.346 e. The highest BCUT2D eigenvalue weighted by Gasteiger charge is 2.08. The molecular weight excluding hydrogens is 334 g/mol. The number of aromatic nitrogens is 2. The monoisotopic (exact) mass is 347 g/mol. The molecule has 2 aromatic heterocycles. The van der Waals surface area contributed by atoms with Gasteiger partial charge in [0, 0.05) is 34.1 Å². The Morgan fingerprint density at radius 2 is 1.72 bits per heavy atom. The van der Waals surface area contributed by atoms with Gasteiger partial charge in [-0.2, -0.15) is 0 Å². The van der Waals surface area contributed by atoms with Crippen LogP contribution in [0.2, 0.25) is 5.02 Å². The number of carbonyl (C=O) groups excluding carboxylic acids is 1. The van der Waals surface area contributed by atoms with Crippen LogP contribution in [0.4, 0.5) is 5.69 Å². The van der Waals surface area contributed by atoms with Crippen LogP contribution in [0.3, 0.4) is 0 Å². The van der Waals surface area contributed by atoms with Crippen LogP contribution >= 0.6 is 11.6 Å². The normalized spacial score (nSPS) is 10.8. The number of carbonyl (C=O) groups is 1. The van der Waals surface area contributed by atoms with E-state index >= 15 is 0 Å². The summed E-state index contributed by atoms with van der Waals surface area (Å²) < 4.78 is 0. The zero-order chi connectivity index (χ0) is 17.2. The molecule has 2 heterocycles. The van der Waals surface area contributed by atoms with E-state index in [1.54, 1.807) is 30.5 Å². The van der Waals surface area contributed by atoms with Gasteiger partial charge in [0.15, 0.2) is 0 Å². The Labute approximate surface area is 149 Å². The molecule has 0 atom stereocenters. The molecule has 2 aromatic carbocycles. The van der Waals surface area contributed by atoms with Gasteiger partial charge in [0.2, 0.25) is 0 Å². The number of fused-ring (bicyclic) bond motifs is 1. The van der Waals surface area contributed by atoms with Crippen LogP contribution < -0.4 is 5.32 Å². The third kappa shape index (κ3) is 3.12. The van der Waals surface area contributed by atoms with Crippen LogP contribution in [0, 0.1) is 0 Å². The van der Waals surface area contributed by atoms with Crippen LogP contribution in [0.25, 0.3) is 22.2 Å². The Kier molecular flexibility index (Phi) is 3.96. The van der Waals surface area contributed by atoms with Crippen molar-refractivity contribution in [3.63, 3.8) is 0 Å². The summed E-state index contributed by atoms with van der Waals surface area (Å²) in [7, 11) is 0. The Morgan fingerprint density at radius 1 is 0.960 bits per heavy atom. The van der Waals surface area contributed by atoms with Gasteiger partial charge in [-0.1, -0.05) is 23.7 Å². The summed E-state index contributed by atoms with van der Waals surface area (Å²) in [5.74, 6) is -0.165. The predicted molar refractivity (Wildman–Crippen MR) is 101 cm³/mol. The number of halogens is 1. The highest BCUT2D eigenvalue weighted by atomic mass is 35.5. The van der Waals surface area contributed by atoms with Crippen molar-refractivity contribution in [2.24, 2.45) is 0 Å². The first-order valence-electron chi connectivity index (χ1n) is 7.80. The first kappa shape index (κ1) is 15.4. The average Bonchev–Trinajstić information content (AvgIpc) is 3.12. The molecule has 0 spiro atoms. The molecular formula is C20H14ClN3O. The molecule has 0 saturated heterocycles. The molecule has 0 aliphatic heterocycles. The van der Waals surface area contributed by atoms with Gasteiger partial charge in [-0.25, -0.2) is 4.98 Å². The van der Waals surface area contributed by atoms with Crippen molar-refractivity contribution < 1.29 is 4.79 Å². The summed E-state index contributed by atoms with van der Waals surface area (Å²) in [6, 6.07) is 18.5. The van der Waals surface area contributed by atoms with Crippen molar-refractivity contribution in [1.82, 2.24) is 9.97 Å². The van der Waals surface area contributed by atoms with Crippen LogP contribution in [0.5, 0.6) is 0 Å². The van der Waals surface area contributed by atoms with E-state index in [4.69, 9.17) is 11.6 Å². The Morgan fingerprint density at radius 3 is 2.48 bits per heavy atom. The number of nitrogens with zero attached hydrogens (tertiary/aromatic N) is 1. The lowest BCUT2D eigenvalue weighted by Gasteiger charge is -2.08.